The normalized spacial score (nSPS) is 37.5. The molecule has 4 atom stereocenters. The standard InChI is InChI=1S/C14H29NS/c1-9(2)12-8-13(14(5,6)7)16-11(4)10(3)15-12/h9-13,15H,8H2,1-7H3/t10?,11?,12-,13+/m1/s1. The van der Waals surface area contributed by atoms with E-state index in [2.05, 4.69) is 65.5 Å². The van der Waals surface area contributed by atoms with Gasteiger partial charge in [0.25, 0.3) is 0 Å². The average Bonchev–Trinajstić information content (AvgIpc) is 2.26. The first-order valence-electron chi connectivity index (χ1n) is 6.63. The van der Waals surface area contributed by atoms with Crippen LogP contribution in [-0.4, -0.2) is 22.6 Å². The van der Waals surface area contributed by atoms with Gasteiger partial charge in [-0.3, -0.25) is 0 Å². The number of rotatable bonds is 1. The van der Waals surface area contributed by atoms with Crippen molar-refractivity contribution in [2.45, 2.75) is 77.5 Å². The van der Waals surface area contributed by atoms with Crippen LogP contribution in [0.15, 0.2) is 0 Å². The zero-order chi connectivity index (χ0) is 12.5. The third kappa shape index (κ3) is 3.66. The summed E-state index contributed by atoms with van der Waals surface area (Å²) in [5, 5.41) is 5.30. The van der Waals surface area contributed by atoms with E-state index in [-0.39, 0.29) is 0 Å². The summed E-state index contributed by atoms with van der Waals surface area (Å²) in [5.41, 5.74) is 0.414. The fourth-order valence-electron chi connectivity index (χ4n) is 2.23. The first-order valence-corrected chi connectivity index (χ1v) is 7.57. The lowest BCUT2D eigenvalue weighted by molar-refractivity contribution is 0.300. The molecule has 1 aliphatic rings. The Kier molecular flexibility index (Phi) is 4.76. The maximum Gasteiger partial charge on any atom is 0.0173 e. The van der Waals surface area contributed by atoms with Crippen LogP contribution in [0, 0.1) is 11.3 Å². The van der Waals surface area contributed by atoms with Gasteiger partial charge in [0.05, 0.1) is 0 Å². The maximum absolute atomic E-state index is 3.81. The second-order valence-corrected chi connectivity index (χ2v) is 8.32. The van der Waals surface area contributed by atoms with E-state index < -0.39 is 0 Å². The number of thioether (sulfide) groups is 1. The fourth-order valence-corrected chi connectivity index (χ4v) is 3.79. The second-order valence-electron chi connectivity index (χ2n) is 6.74. The summed E-state index contributed by atoms with van der Waals surface area (Å²) in [6.07, 6.45) is 1.31. The molecule has 0 aromatic carbocycles. The van der Waals surface area contributed by atoms with Crippen LogP contribution in [0.4, 0.5) is 0 Å². The Morgan fingerprint density at radius 1 is 1.19 bits per heavy atom. The number of nitrogens with one attached hydrogen (secondary N) is 1. The molecule has 16 heavy (non-hydrogen) atoms. The van der Waals surface area contributed by atoms with Crippen molar-refractivity contribution in [1.29, 1.82) is 0 Å². The number of hydrogen-bond acceptors (Lipinski definition) is 2. The molecule has 0 bridgehead atoms. The Labute approximate surface area is 106 Å². The molecule has 1 saturated heterocycles. The van der Waals surface area contributed by atoms with Gasteiger partial charge in [-0.2, -0.15) is 11.8 Å². The van der Waals surface area contributed by atoms with Crippen molar-refractivity contribution >= 4 is 11.8 Å². The van der Waals surface area contributed by atoms with Gasteiger partial charge in [0, 0.05) is 22.6 Å². The van der Waals surface area contributed by atoms with Crippen LogP contribution in [0.2, 0.25) is 0 Å². The molecule has 1 aliphatic heterocycles. The second kappa shape index (κ2) is 5.30. The van der Waals surface area contributed by atoms with Gasteiger partial charge in [-0.05, 0) is 24.7 Å². The van der Waals surface area contributed by atoms with Gasteiger partial charge < -0.3 is 5.32 Å². The van der Waals surface area contributed by atoms with E-state index in [9.17, 15) is 0 Å². The van der Waals surface area contributed by atoms with E-state index in [0.29, 0.717) is 22.7 Å². The van der Waals surface area contributed by atoms with Crippen molar-refractivity contribution < 1.29 is 0 Å². The molecule has 0 aromatic rings. The van der Waals surface area contributed by atoms with Crippen molar-refractivity contribution in [1.82, 2.24) is 5.32 Å². The quantitative estimate of drug-likeness (QED) is 0.749. The monoisotopic (exact) mass is 243 g/mol. The van der Waals surface area contributed by atoms with Crippen molar-refractivity contribution in [2.75, 3.05) is 0 Å². The molecular weight excluding hydrogens is 214 g/mol. The average molecular weight is 243 g/mol. The summed E-state index contributed by atoms with van der Waals surface area (Å²) in [6, 6.07) is 1.31. The van der Waals surface area contributed by atoms with E-state index >= 15 is 0 Å². The summed E-state index contributed by atoms with van der Waals surface area (Å²) in [7, 11) is 0. The Morgan fingerprint density at radius 3 is 2.19 bits per heavy atom. The van der Waals surface area contributed by atoms with Gasteiger partial charge in [-0.15, -0.1) is 0 Å². The lowest BCUT2D eigenvalue weighted by Gasteiger charge is -2.32. The summed E-state index contributed by atoms with van der Waals surface area (Å²) in [4.78, 5) is 0. The van der Waals surface area contributed by atoms with Gasteiger partial charge in [-0.1, -0.05) is 41.5 Å². The van der Waals surface area contributed by atoms with E-state index in [1.165, 1.54) is 6.42 Å². The molecule has 1 heterocycles. The fraction of sp³-hybridized carbons (Fsp3) is 1.00. The van der Waals surface area contributed by atoms with Crippen molar-refractivity contribution in [2.24, 2.45) is 11.3 Å². The highest BCUT2D eigenvalue weighted by molar-refractivity contribution is 8.00. The zero-order valence-corrected chi connectivity index (χ0v) is 12.8. The molecule has 1 nitrogen and oxygen atoms in total. The van der Waals surface area contributed by atoms with E-state index in [1.807, 2.05) is 0 Å². The Morgan fingerprint density at radius 2 is 1.75 bits per heavy atom. The molecule has 0 aromatic heterocycles. The van der Waals surface area contributed by atoms with Crippen LogP contribution in [-0.2, 0) is 0 Å². The molecule has 2 unspecified atom stereocenters. The van der Waals surface area contributed by atoms with Crippen LogP contribution < -0.4 is 5.32 Å². The molecule has 0 radical (unpaired) electrons. The van der Waals surface area contributed by atoms with Crippen molar-refractivity contribution in [3.05, 3.63) is 0 Å². The zero-order valence-electron chi connectivity index (χ0n) is 12.0. The Bertz CT molecular complexity index is 219. The minimum atomic E-state index is 0.414. The SMILES string of the molecule is CC1N[C@@H](C(C)C)C[C@@H](C(C)(C)C)SC1C. The van der Waals surface area contributed by atoms with Crippen LogP contribution >= 0.6 is 11.8 Å². The highest BCUT2D eigenvalue weighted by atomic mass is 32.2. The summed E-state index contributed by atoms with van der Waals surface area (Å²) in [6.45, 7) is 16.5. The maximum atomic E-state index is 3.81. The van der Waals surface area contributed by atoms with Crippen LogP contribution in [0.5, 0.6) is 0 Å². The highest BCUT2D eigenvalue weighted by Crippen LogP contribution is 2.39. The predicted molar refractivity (Wildman–Crippen MR) is 76.1 cm³/mol. The molecule has 1 N–H and O–H groups in total. The minimum absolute atomic E-state index is 0.414. The lowest BCUT2D eigenvalue weighted by Crippen LogP contribution is -2.42. The van der Waals surface area contributed by atoms with E-state index in [4.69, 9.17) is 0 Å². The number of hydrogen-bond donors (Lipinski definition) is 1. The molecule has 0 saturated carbocycles. The third-order valence-corrected chi connectivity index (χ3v) is 5.86. The molecule has 0 aliphatic carbocycles. The first-order chi connectivity index (χ1) is 7.21. The van der Waals surface area contributed by atoms with E-state index in [0.717, 1.165) is 11.2 Å². The lowest BCUT2D eigenvalue weighted by atomic mass is 9.85. The van der Waals surface area contributed by atoms with Gasteiger partial charge in [0.15, 0.2) is 0 Å². The third-order valence-electron chi connectivity index (χ3n) is 3.80. The largest absolute Gasteiger partial charge is 0.310 e. The van der Waals surface area contributed by atoms with Gasteiger partial charge in [0.2, 0.25) is 0 Å². The molecule has 0 spiro atoms. The Balaban J connectivity index is 2.80. The van der Waals surface area contributed by atoms with Gasteiger partial charge >= 0.3 is 0 Å². The Hall–Kier alpha value is 0.310. The van der Waals surface area contributed by atoms with Gasteiger partial charge in [-0.25, -0.2) is 0 Å². The molecule has 1 rings (SSSR count). The highest BCUT2D eigenvalue weighted by Gasteiger charge is 2.35. The molecule has 1 fully saturated rings. The van der Waals surface area contributed by atoms with E-state index in [1.54, 1.807) is 0 Å². The van der Waals surface area contributed by atoms with Crippen LogP contribution in [0.1, 0.15) is 54.9 Å². The smallest absolute Gasteiger partial charge is 0.0173 e. The van der Waals surface area contributed by atoms with Crippen LogP contribution in [0.3, 0.4) is 0 Å². The topological polar surface area (TPSA) is 12.0 Å². The predicted octanol–water partition coefficient (Wildman–Crippen LogP) is 3.93. The molecule has 96 valence electrons. The van der Waals surface area contributed by atoms with Crippen LogP contribution in [0.25, 0.3) is 0 Å². The molecular formula is C14H29NS. The minimum Gasteiger partial charge on any atom is -0.310 e. The van der Waals surface area contributed by atoms with Crippen molar-refractivity contribution in [3.63, 3.8) is 0 Å². The summed E-state index contributed by atoms with van der Waals surface area (Å²) >= 11 is 2.18. The van der Waals surface area contributed by atoms with Gasteiger partial charge in [0.1, 0.15) is 0 Å². The molecule has 2 heteroatoms. The van der Waals surface area contributed by atoms with Crippen molar-refractivity contribution in [3.8, 4) is 0 Å². The first kappa shape index (κ1) is 14.4. The molecule has 0 amide bonds. The summed E-state index contributed by atoms with van der Waals surface area (Å²) < 4.78 is 0. The summed E-state index contributed by atoms with van der Waals surface area (Å²) in [5.74, 6) is 0.734.